The SMILES string of the molecule is O=C(NCC1CCCO1)C(=O)N1CCN(c2ccccn2)CC1. The number of piperazine rings is 1. The Morgan fingerprint density at radius 1 is 1.26 bits per heavy atom. The Bertz CT molecular complexity index is 538. The normalized spacial score (nSPS) is 21.3. The molecule has 2 aliphatic rings. The van der Waals surface area contributed by atoms with Crippen molar-refractivity contribution in [2.24, 2.45) is 0 Å². The fourth-order valence-electron chi connectivity index (χ4n) is 2.91. The fourth-order valence-corrected chi connectivity index (χ4v) is 2.91. The molecule has 3 heterocycles. The minimum Gasteiger partial charge on any atom is -0.376 e. The number of amides is 2. The largest absolute Gasteiger partial charge is 0.376 e. The van der Waals surface area contributed by atoms with Crippen molar-refractivity contribution in [2.45, 2.75) is 18.9 Å². The van der Waals surface area contributed by atoms with Crippen molar-refractivity contribution in [3.63, 3.8) is 0 Å². The average Bonchev–Trinajstić information content (AvgIpc) is 3.13. The predicted molar refractivity (Wildman–Crippen MR) is 85.0 cm³/mol. The van der Waals surface area contributed by atoms with Crippen LogP contribution in [0.3, 0.4) is 0 Å². The first kappa shape index (κ1) is 15.7. The van der Waals surface area contributed by atoms with Gasteiger partial charge in [-0.05, 0) is 25.0 Å². The maximum Gasteiger partial charge on any atom is 0.312 e. The number of hydrogen-bond donors (Lipinski definition) is 1. The number of nitrogens with zero attached hydrogens (tertiary/aromatic N) is 3. The summed E-state index contributed by atoms with van der Waals surface area (Å²) in [5.41, 5.74) is 0. The number of nitrogens with one attached hydrogen (secondary N) is 1. The fraction of sp³-hybridized carbons (Fsp3) is 0.562. The number of ether oxygens (including phenoxy) is 1. The van der Waals surface area contributed by atoms with Gasteiger partial charge in [-0.3, -0.25) is 9.59 Å². The Balaban J connectivity index is 1.45. The standard InChI is InChI=1S/C16H22N4O3/c21-15(18-12-13-4-3-11-23-13)16(22)20-9-7-19(8-10-20)14-5-1-2-6-17-14/h1-2,5-6,13H,3-4,7-12H2,(H,18,21). The minimum absolute atomic E-state index is 0.0488. The first-order chi connectivity index (χ1) is 11.2. The highest BCUT2D eigenvalue weighted by Crippen LogP contribution is 2.13. The third kappa shape index (κ3) is 3.98. The van der Waals surface area contributed by atoms with Crippen molar-refractivity contribution in [1.82, 2.24) is 15.2 Å². The summed E-state index contributed by atoms with van der Waals surface area (Å²) in [4.78, 5) is 32.2. The number of aromatic nitrogens is 1. The minimum atomic E-state index is -0.535. The highest BCUT2D eigenvalue weighted by molar-refractivity contribution is 6.35. The zero-order chi connectivity index (χ0) is 16.1. The molecule has 1 N–H and O–H groups in total. The second-order valence-electron chi connectivity index (χ2n) is 5.81. The summed E-state index contributed by atoms with van der Waals surface area (Å²) in [5.74, 6) is -0.0853. The van der Waals surface area contributed by atoms with E-state index in [0.29, 0.717) is 32.7 Å². The molecule has 2 saturated heterocycles. The number of carbonyl (C=O) groups excluding carboxylic acids is 2. The van der Waals surface area contributed by atoms with E-state index in [1.54, 1.807) is 11.1 Å². The van der Waals surface area contributed by atoms with Gasteiger partial charge in [-0.15, -0.1) is 0 Å². The van der Waals surface area contributed by atoms with Gasteiger partial charge in [-0.1, -0.05) is 6.07 Å². The Morgan fingerprint density at radius 2 is 2.09 bits per heavy atom. The second kappa shape index (κ2) is 7.41. The van der Waals surface area contributed by atoms with Gasteiger partial charge in [0.2, 0.25) is 0 Å². The van der Waals surface area contributed by atoms with Gasteiger partial charge in [0.15, 0.2) is 0 Å². The van der Waals surface area contributed by atoms with E-state index in [4.69, 9.17) is 4.74 Å². The van der Waals surface area contributed by atoms with Crippen molar-refractivity contribution < 1.29 is 14.3 Å². The van der Waals surface area contributed by atoms with Crippen LogP contribution in [-0.2, 0) is 14.3 Å². The van der Waals surface area contributed by atoms with E-state index in [-0.39, 0.29) is 6.10 Å². The summed E-state index contributed by atoms with van der Waals surface area (Å²) in [6, 6.07) is 5.77. The molecule has 2 amide bonds. The summed E-state index contributed by atoms with van der Waals surface area (Å²) >= 11 is 0. The quantitative estimate of drug-likeness (QED) is 0.796. The lowest BCUT2D eigenvalue weighted by Crippen LogP contribution is -2.53. The molecule has 0 aliphatic carbocycles. The Morgan fingerprint density at radius 3 is 2.74 bits per heavy atom. The maximum absolute atomic E-state index is 12.2. The number of rotatable bonds is 3. The van der Waals surface area contributed by atoms with Crippen LogP contribution in [0.15, 0.2) is 24.4 Å². The average molecular weight is 318 g/mol. The van der Waals surface area contributed by atoms with Crippen molar-refractivity contribution in [3.05, 3.63) is 24.4 Å². The van der Waals surface area contributed by atoms with Crippen molar-refractivity contribution in [1.29, 1.82) is 0 Å². The first-order valence-electron chi connectivity index (χ1n) is 8.09. The molecule has 1 aromatic rings. The molecule has 1 aromatic heterocycles. The molecule has 2 aliphatic heterocycles. The molecule has 23 heavy (non-hydrogen) atoms. The van der Waals surface area contributed by atoms with Gasteiger partial charge in [0, 0.05) is 45.5 Å². The summed E-state index contributed by atoms with van der Waals surface area (Å²) < 4.78 is 5.44. The second-order valence-corrected chi connectivity index (χ2v) is 5.81. The topological polar surface area (TPSA) is 74.8 Å². The molecular weight excluding hydrogens is 296 g/mol. The highest BCUT2D eigenvalue weighted by Gasteiger charge is 2.27. The van der Waals surface area contributed by atoms with Gasteiger partial charge in [0.05, 0.1) is 6.10 Å². The third-order valence-electron chi connectivity index (χ3n) is 4.25. The van der Waals surface area contributed by atoms with Gasteiger partial charge < -0.3 is 19.9 Å². The molecule has 1 atom stereocenters. The van der Waals surface area contributed by atoms with E-state index < -0.39 is 11.8 Å². The molecule has 0 radical (unpaired) electrons. The molecule has 0 aromatic carbocycles. The zero-order valence-corrected chi connectivity index (χ0v) is 13.1. The molecule has 0 spiro atoms. The Kier molecular flexibility index (Phi) is 5.07. The molecule has 0 bridgehead atoms. The molecular formula is C16H22N4O3. The predicted octanol–water partition coefficient (Wildman–Crippen LogP) is 0.0254. The van der Waals surface area contributed by atoms with Gasteiger partial charge >= 0.3 is 11.8 Å². The highest BCUT2D eigenvalue weighted by atomic mass is 16.5. The lowest BCUT2D eigenvalue weighted by Gasteiger charge is -2.35. The van der Waals surface area contributed by atoms with Crippen LogP contribution >= 0.6 is 0 Å². The first-order valence-corrected chi connectivity index (χ1v) is 8.09. The van der Waals surface area contributed by atoms with Crippen LogP contribution in [0.1, 0.15) is 12.8 Å². The van der Waals surface area contributed by atoms with Crippen LogP contribution < -0.4 is 10.2 Å². The third-order valence-corrected chi connectivity index (χ3v) is 4.25. The van der Waals surface area contributed by atoms with E-state index >= 15 is 0 Å². The molecule has 7 heteroatoms. The van der Waals surface area contributed by atoms with Crippen LogP contribution in [-0.4, -0.2) is 67.1 Å². The summed E-state index contributed by atoms with van der Waals surface area (Å²) in [6.07, 6.45) is 3.76. The van der Waals surface area contributed by atoms with E-state index in [1.165, 1.54) is 0 Å². The van der Waals surface area contributed by atoms with Gasteiger partial charge in [-0.25, -0.2) is 4.98 Å². The van der Waals surface area contributed by atoms with Crippen LogP contribution in [0.2, 0.25) is 0 Å². The van der Waals surface area contributed by atoms with Crippen molar-refractivity contribution in [2.75, 3.05) is 44.2 Å². The van der Waals surface area contributed by atoms with Crippen LogP contribution in [0.25, 0.3) is 0 Å². The summed E-state index contributed by atoms with van der Waals surface area (Å²) in [6.45, 7) is 3.58. The Hall–Kier alpha value is -2.15. The molecule has 0 saturated carbocycles. The van der Waals surface area contributed by atoms with Gasteiger partial charge in [0.25, 0.3) is 0 Å². The summed E-state index contributed by atoms with van der Waals surface area (Å²) in [7, 11) is 0. The zero-order valence-electron chi connectivity index (χ0n) is 13.1. The molecule has 124 valence electrons. The number of anilines is 1. The van der Waals surface area contributed by atoms with E-state index in [1.807, 2.05) is 18.2 Å². The van der Waals surface area contributed by atoms with E-state index in [2.05, 4.69) is 15.2 Å². The number of pyridine rings is 1. The summed E-state index contributed by atoms with van der Waals surface area (Å²) in [5, 5.41) is 2.68. The molecule has 3 rings (SSSR count). The van der Waals surface area contributed by atoms with Crippen molar-refractivity contribution >= 4 is 17.6 Å². The van der Waals surface area contributed by atoms with E-state index in [0.717, 1.165) is 25.3 Å². The van der Waals surface area contributed by atoms with E-state index in [9.17, 15) is 9.59 Å². The molecule has 7 nitrogen and oxygen atoms in total. The van der Waals surface area contributed by atoms with Crippen LogP contribution in [0, 0.1) is 0 Å². The smallest absolute Gasteiger partial charge is 0.312 e. The Labute approximate surface area is 135 Å². The van der Waals surface area contributed by atoms with Crippen LogP contribution in [0.5, 0.6) is 0 Å². The molecule has 1 unspecified atom stereocenters. The van der Waals surface area contributed by atoms with Gasteiger partial charge in [0.1, 0.15) is 5.82 Å². The maximum atomic E-state index is 12.2. The molecule has 2 fully saturated rings. The lowest BCUT2D eigenvalue weighted by molar-refractivity contribution is -0.146. The van der Waals surface area contributed by atoms with Gasteiger partial charge in [-0.2, -0.15) is 0 Å². The number of hydrogen-bond acceptors (Lipinski definition) is 5. The van der Waals surface area contributed by atoms with Crippen molar-refractivity contribution in [3.8, 4) is 0 Å². The lowest BCUT2D eigenvalue weighted by atomic mass is 10.2. The monoisotopic (exact) mass is 318 g/mol. The van der Waals surface area contributed by atoms with Crippen LogP contribution in [0.4, 0.5) is 5.82 Å². The number of carbonyl (C=O) groups is 2.